The first-order valence-electron chi connectivity index (χ1n) is 27.6. The molecule has 0 radical (unpaired) electrons. The normalized spacial score (nSPS) is 12.0. The number of hydrogen-bond donors (Lipinski definition) is 0. The lowest BCUT2D eigenvalue weighted by Crippen LogP contribution is -2.16. The number of hydrogen-bond acceptors (Lipinski definition) is 4. The van der Waals surface area contributed by atoms with Crippen molar-refractivity contribution in [1.82, 2.24) is 18.4 Å². The van der Waals surface area contributed by atoms with Gasteiger partial charge in [-0.15, -0.1) is 11.3 Å². The van der Waals surface area contributed by atoms with Crippen LogP contribution < -0.4 is 11.1 Å². The number of fused-ring (bicyclic) bond motifs is 10. The highest BCUT2D eigenvalue weighted by atomic mass is 32.1. The molecule has 6 aromatic heterocycles. The van der Waals surface area contributed by atoms with Gasteiger partial charge in [-0.05, 0) is 134 Å². The van der Waals surface area contributed by atoms with E-state index in [0.717, 1.165) is 142 Å². The fourth-order valence-electron chi connectivity index (χ4n) is 12.9. The Morgan fingerprint density at radius 1 is 0.293 bits per heavy atom. The first-order chi connectivity index (χ1) is 40.5. The average molecular weight is 1070 g/mol. The molecule has 6 heterocycles. The molecule has 0 spiro atoms. The van der Waals surface area contributed by atoms with E-state index >= 15 is 4.79 Å². The predicted octanol–water partition coefficient (Wildman–Crippen LogP) is 18.6. The van der Waals surface area contributed by atoms with Gasteiger partial charge in [0.25, 0.3) is 11.1 Å². The summed E-state index contributed by atoms with van der Waals surface area (Å²) in [6, 6.07) is 93.3. The molecule has 0 N–H and O–H groups in total. The van der Waals surface area contributed by atoms with Gasteiger partial charge >= 0.3 is 0 Å². The van der Waals surface area contributed by atoms with Gasteiger partial charge in [0.05, 0.1) is 22.1 Å². The first-order valence-corrected chi connectivity index (χ1v) is 28.4. The van der Waals surface area contributed by atoms with Crippen LogP contribution in [0.1, 0.15) is 0 Å². The molecule has 0 fully saturated rings. The summed E-state index contributed by atoms with van der Waals surface area (Å²) in [7, 11) is 0. The summed E-state index contributed by atoms with van der Waals surface area (Å²) in [6.45, 7) is 0. The van der Waals surface area contributed by atoms with Crippen molar-refractivity contribution >= 4 is 86.8 Å². The molecular formula is C75H44N4O2S. The molecule has 0 saturated heterocycles. The van der Waals surface area contributed by atoms with Crippen LogP contribution in [0.4, 0.5) is 0 Å². The second-order valence-electron chi connectivity index (χ2n) is 21.4. The Bertz CT molecular complexity index is 5520. The van der Waals surface area contributed by atoms with Gasteiger partial charge in [-0.2, -0.15) is 0 Å². The number of rotatable bonds is 8. The maximum Gasteiger partial charge on any atom is 0.282 e. The maximum absolute atomic E-state index is 15.6. The van der Waals surface area contributed by atoms with Gasteiger partial charge in [-0.25, -0.2) is 4.98 Å². The zero-order valence-electron chi connectivity index (χ0n) is 43.9. The molecule has 0 unspecified atom stereocenters. The summed E-state index contributed by atoms with van der Waals surface area (Å²) < 4.78 is 6.67. The molecule has 17 rings (SSSR count). The Morgan fingerprint density at radius 2 is 0.695 bits per heavy atom. The highest BCUT2D eigenvalue weighted by Gasteiger charge is 2.27. The van der Waals surface area contributed by atoms with E-state index in [0.29, 0.717) is 16.9 Å². The van der Waals surface area contributed by atoms with Gasteiger partial charge < -0.3 is 0 Å². The Labute approximate surface area is 473 Å². The second kappa shape index (κ2) is 17.9. The fraction of sp³-hybridized carbons (Fsp3) is 0. The molecule has 0 aliphatic rings. The van der Waals surface area contributed by atoms with Gasteiger partial charge in [0.15, 0.2) is 0 Å². The zero-order chi connectivity index (χ0) is 54.2. The smallest absolute Gasteiger partial charge is 0.282 e. The van der Waals surface area contributed by atoms with E-state index in [1.807, 2.05) is 63.4 Å². The van der Waals surface area contributed by atoms with Gasteiger partial charge in [0.2, 0.25) is 0 Å². The third-order valence-corrected chi connectivity index (χ3v) is 17.9. The van der Waals surface area contributed by atoms with Crippen LogP contribution in [0.2, 0.25) is 0 Å². The van der Waals surface area contributed by atoms with Crippen LogP contribution in [-0.4, -0.2) is 18.4 Å². The molecule has 11 aromatic carbocycles. The van der Waals surface area contributed by atoms with Crippen molar-refractivity contribution in [1.29, 1.82) is 0 Å². The molecule has 0 aliphatic carbocycles. The molecule has 0 atom stereocenters. The lowest BCUT2D eigenvalue weighted by molar-refractivity contribution is 1.08. The summed E-state index contributed by atoms with van der Waals surface area (Å²) in [5.74, 6) is 0.683. The Balaban J connectivity index is 0.830. The van der Waals surface area contributed by atoms with Crippen molar-refractivity contribution in [2.75, 3.05) is 0 Å². The average Bonchev–Trinajstić information content (AvgIpc) is 3.97. The van der Waals surface area contributed by atoms with Crippen molar-refractivity contribution in [3.63, 3.8) is 0 Å². The summed E-state index contributed by atoms with van der Waals surface area (Å²) in [4.78, 5) is 37.0. The standard InChI is InChI=1S/C75H44N4O2S/c80-74-71-68(64-43-55(47-21-10-3-11-22-47)40-61-59-39-53(45-17-6-1-7-18-45)33-35-65(59)78(74)70(61)64)76-73(77(71)57-27-14-5-15-28-57)50-31-29-48(30-32-50)51-25-16-26-52(37-51)56-41-60-58-38-54(46-19-8-2-9-20-46)34-36-66(58)79-69(60)62(42-56)63-44-67(82-72(63)75(79)81)49-23-12-4-13-24-49/h1-44H. The summed E-state index contributed by atoms with van der Waals surface area (Å²) in [5.41, 5.74) is 18.3. The molecule has 0 amide bonds. The minimum Gasteiger partial charge on any atom is -0.287 e. The third-order valence-electron chi connectivity index (χ3n) is 16.7. The lowest BCUT2D eigenvalue weighted by atomic mass is 9.95. The number of thiophene rings is 1. The molecule has 0 saturated carbocycles. The molecule has 6 nitrogen and oxygen atoms in total. The number of para-hydroxylation sites is 1. The Hall–Kier alpha value is -10.7. The molecule has 382 valence electrons. The number of nitrogens with zero attached hydrogens (tertiary/aromatic N) is 4. The van der Waals surface area contributed by atoms with E-state index in [9.17, 15) is 4.79 Å². The topological polar surface area (TPSA) is 60.8 Å². The van der Waals surface area contributed by atoms with E-state index in [1.165, 1.54) is 0 Å². The van der Waals surface area contributed by atoms with Crippen LogP contribution in [0.3, 0.4) is 0 Å². The lowest BCUT2D eigenvalue weighted by Gasteiger charge is -2.11. The number of imidazole rings is 1. The van der Waals surface area contributed by atoms with Crippen molar-refractivity contribution in [3.05, 3.63) is 288 Å². The van der Waals surface area contributed by atoms with E-state index in [2.05, 4.69) is 217 Å². The van der Waals surface area contributed by atoms with Crippen LogP contribution >= 0.6 is 11.3 Å². The van der Waals surface area contributed by atoms with E-state index in [1.54, 1.807) is 11.3 Å². The fourth-order valence-corrected chi connectivity index (χ4v) is 14.0. The number of benzene rings is 11. The van der Waals surface area contributed by atoms with E-state index in [-0.39, 0.29) is 11.1 Å². The van der Waals surface area contributed by atoms with Crippen molar-refractivity contribution in [3.8, 4) is 83.2 Å². The summed E-state index contributed by atoms with van der Waals surface area (Å²) in [5, 5.41) is 7.05. The maximum atomic E-state index is 15.6. The predicted molar refractivity (Wildman–Crippen MR) is 341 cm³/mol. The highest BCUT2D eigenvalue weighted by Crippen LogP contribution is 2.45. The third kappa shape index (κ3) is 6.97. The summed E-state index contributed by atoms with van der Waals surface area (Å²) in [6.07, 6.45) is 0. The monoisotopic (exact) mass is 1060 g/mol. The van der Waals surface area contributed by atoms with E-state index < -0.39 is 0 Å². The van der Waals surface area contributed by atoms with Crippen molar-refractivity contribution in [2.45, 2.75) is 0 Å². The Kier molecular flexibility index (Phi) is 10.1. The minimum atomic E-state index is -0.120. The van der Waals surface area contributed by atoms with Crippen LogP contribution in [0.5, 0.6) is 0 Å². The SMILES string of the molecule is O=c1c2sc(-c3ccccc3)cc2c2cc(-c3cccc(-c4ccc(-c5nc6c7cc(-c8ccccc8)cc8c9cc(-c%10ccccc%10)ccc9n(c(=O)c6n5-c5ccccc5)c87)cc4)c3)cc3c4cc(-c5ccccc5)ccc4n1c23. The minimum absolute atomic E-state index is 0.00854. The number of aromatic nitrogens is 4. The molecule has 17 aromatic rings. The highest BCUT2D eigenvalue weighted by molar-refractivity contribution is 7.22. The molecule has 0 aliphatic heterocycles. The van der Waals surface area contributed by atoms with Gasteiger partial charge in [-0.3, -0.25) is 23.0 Å². The molecule has 7 heteroatoms. The Morgan fingerprint density at radius 3 is 1.28 bits per heavy atom. The number of pyridine rings is 2. The van der Waals surface area contributed by atoms with Crippen LogP contribution in [0, 0.1) is 0 Å². The zero-order valence-corrected chi connectivity index (χ0v) is 44.7. The molecular weight excluding hydrogens is 1020 g/mol. The molecule has 82 heavy (non-hydrogen) atoms. The van der Waals surface area contributed by atoms with Crippen molar-refractivity contribution < 1.29 is 0 Å². The van der Waals surface area contributed by atoms with Crippen molar-refractivity contribution in [2.24, 2.45) is 0 Å². The van der Waals surface area contributed by atoms with Gasteiger partial charge in [0.1, 0.15) is 21.6 Å². The van der Waals surface area contributed by atoms with Crippen LogP contribution in [0.15, 0.2) is 277 Å². The first kappa shape index (κ1) is 46.2. The quantitative estimate of drug-likeness (QED) is 0.152. The van der Waals surface area contributed by atoms with E-state index in [4.69, 9.17) is 4.98 Å². The second-order valence-corrected chi connectivity index (χ2v) is 22.4. The van der Waals surface area contributed by atoms with Gasteiger partial charge in [0, 0.05) is 53.8 Å². The van der Waals surface area contributed by atoms with Crippen LogP contribution in [0.25, 0.3) is 159 Å². The molecule has 0 bridgehead atoms. The largest absolute Gasteiger partial charge is 0.287 e. The van der Waals surface area contributed by atoms with Gasteiger partial charge in [-0.1, -0.05) is 194 Å². The summed E-state index contributed by atoms with van der Waals surface area (Å²) >= 11 is 1.57. The van der Waals surface area contributed by atoms with Crippen LogP contribution in [-0.2, 0) is 0 Å².